The van der Waals surface area contributed by atoms with Crippen LogP contribution in [-0.2, 0) is 23.5 Å². The molecule has 7 nitrogen and oxygen atoms in total. The molecule has 0 aliphatic carbocycles. The van der Waals surface area contributed by atoms with Gasteiger partial charge in [0, 0.05) is 31.9 Å². The SMILES string of the molecule is COc1cccc(Cc2cccc(C3CCCN3S(=O)(=O)c3cn(C)nc3C)n2)c1. The van der Waals surface area contributed by atoms with Gasteiger partial charge < -0.3 is 4.74 Å². The Balaban J connectivity index is 1.62. The van der Waals surface area contributed by atoms with Crippen molar-refractivity contribution in [1.82, 2.24) is 19.1 Å². The lowest BCUT2D eigenvalue weighted by molar-refractivity contribution is 0.389. The van der Waals surface area contributed by atoms with Gasteiger partial charge in [-0.3, -0.25) is 9.67 Å². The third kappa shape index (κ3) is 3.97. The van der Waals surface area contributed by atoms with Crippen molar-refractivity contribution in [3.63, 3.8) is 0 Å². The highest BCUT2D eigenvalue weighted by molar-refractivity contribution is 7.89. The second kappa shape index (κ2) is 8.20. The van der Waals surface area contributed by atoms with Crippen LogP contribution < -0.4 is 4.74 Å². The van der Waals surface area contributed by atoms with E-state index in [4.69, 9.17) is 9.72 Å². The minimum absolute atomic E-state index is 0.264. The molecule has 2 aromatic heterocycles. The van der Waals surface area contributed by atoms with E-state index in [9.17, 15) is 8.42 Å². The number of aromatic nitrogens is 3. The highest BCUT2D eigenvalue weighted by Gasteiger charge is 2.38. The van der Waals surface area contributed by atoms with E-state index in [1.54, 1.807) is 36.3 Å². The van der Waals surface area contributed by atoms with Gasteiger partial charge in [-0.1, -0.05) is 18.2 Å². The third-order valence-corrected chi connectivity index (χ3v) is 7.46. The molecule has 8 heteroatoms. The molecule has 1 aliphatic rings. The smallest absolute Gasteiger partial charge is 0.247 e. The van der Waals surface area contributed by atoms with Crippen LogP contribution in [0.15, 0.2) is 53.6 Å². The Bertz CT molecular complexity index is 1160. The number of benzene rings is 1. The molecule has 0 bridgehead atoms. The average molecular weight is 427 g/mol. The van der Waals surface area contributed by atoms with Crippen molar-refractivity contribution in [3.8, 4) is 5.75 Å². The first-order valence-corrected chi connectivity index (χ1v) is 11.4. The molecule has 1 aliphatic heterocycles. The number of aryl methyl sites for hydroxylation is 2. The van der Waals surface area contributed by atoms with Gasteiger partial charge in [0.25, 0.3) is 0 Å². The second-order valence-electron chi connectivity index (χ2n) is 7.61. The van der Waals surface area contributed by atoms with Gasteiger partial charge in [-0.15, -0.1) is 0 Å². The summed E-state index contributed by atoms with van der Waals surface area (Å²) in [6.07, 6.45) is 3.80. The van der Waals surface area contributed by atoms with Crippen LogP contribution in [0.4, 0.5) is 0 Å². The predicted molar refractivity (Wildman–Crippen MR) is 114 cm³/mol. The molecule has 30 heavy (non-hydrogen) atoms. The quantitative estimate of drug-likeness (QED) is 0.605. The highest BCUT2D eigenvalue weighted by atomic mass is 32.2. The van der Waals surface area contributed by atoms with Crippen LogP contribution >= 0.6 is 0 Å². The monoisotopic (exact) mass is 426 g/mol. The lowest BCUT2D eigenvalue weighted by Crippen LogP contribution is -2.31. The largest absolute Gasteiger partial charge is 0.497 e. The number of hydrogen-bond acceptors (Lipinski definition) is 5. The molecule has 0 saturated carbocycles. The summed E-state index contributed by atoms with van der Waals surface area (Å²) in [5.74, 6) is 0.809. The Hall–Kier alpha value is -2.71. The normalized spacial score (nSPS) is 17.4. The van der Waals surface area contributed by atoms with Gasteiger partial charge in [0.05, 0.1) is 24.5 Å². The summed E-state index contributed by atoms with van der Waals surface area (Å²) in [5.41, 5.74) is 3.31. The fourth-order valence-electron chi connectivity index (χ4n) is 4.05. The van der Waals surface area contributed by atoms with E-state index in [-0.39, 0.29) is 10.9 Å². The van der Waals surface area contributed by atoms with E-state index in [0.717, 1.165) is 35.5 Å². The van der Waals surface area contributed by atoms with Gasteiger partial charge >= 0.3 is 0 Å². The third-order valence-electron chi connectivity index (χ3n) is 5.45. The van der Waals surface area contributed by atoms with Gasteiger partial charge in [0.15, 0.2) is 0 Å². The Kier molecular flexibility index (Phi) is 5.62. The van der Waals surface area contributed by atoms with Crippen LogP contribution in [0, 0.1) is 6.92 Å². The average Bonchev–Trinajstić information content (AvgIpc) is 3.35. The fraction of sp³-hybridized carbons (Fsp3) is 0.364. The molecule has 1 aromatic carbocycles. The van der Waals surface area contributed by atoms with E-state index in [2.05, 4.69) is 5.10 Å². The molecule has 158 valence electrons. The first kappa shape index (κ1) is 20.6. The van der Waals surface area contributed by atoms with E-state index in [1.165, 1.54) is 0 Å². The molecule has 3 heterocycles. The summed E-state index contributed by atoms with van der Waals surface area (Å²) in [5, 5.41) is 4.21. The van der Waals surface area contributed by atoms with Gasteiger partial charge in [0.1, 0.15) is 10.6 Å². The maximum Gasteiger partial charge on any atom is 0.247 e. The summed E-state index contributed by atoms with van der Waals surface area (Å²) < 4.78 is 35.1. The van der Waals surface area contributed by atoms with Crippen molar-refractivity contribution in [3.05, 3.63) is 71.3 Å². The summed E-state index contributed by atoms with van der Waals surface area (Å²) in [7, 11) is -0.250. The van der Waals surface area contributed by atoms with Crippen LogP contribution in [0.1, 0.15) is 41.5 Å². The van der Waals surface area contributed by atoms with Crippen molar-refractivity contribution in [2.75, 3.05) is 13.7 Å². The summed E-state index contributed by atoms with van der Waals surface area (Å²) in [4.78, 5) is 5.09. The van der Waals surface area contributed by atoms with E-state index in [1.807, 2.05) is 42.5 Å². The molecular formula is C22H26N4O3S. The van der Waals surface area contributed by atoms with E-state index in [0.29, 0.717) is 18.7 Å². The maximum atomic E-state index is 13.3. The first-order valence-electron chi connectivity index (χ1n) is 9.99. The van der Waals surface area contributed by atoms with Crippen LogP contribution in [-0.4, -0.2) is 41.1 Å². The number of sulfonamides is 1. The molecule has 1 atom stereocenters. The molecular weight excluding hydrogens is 400 g/mol. The Labute approximate surface area is 177 Å². The van der Waals surface area contributed by atoms with Crippen molar-refractivity contribution < 1.29 is 13.2 Å². The first-order chi connectivity index (χ1) is 14.4. The van der Waals surface area contributed by atoms with Crippen LogP contribution in [0.25, 0.3) is 0 Å². The predicted octanol–water partition coefficient (Wildman–Crippen LogP) is 3.25. The van der Waals surface area contributed by atoms with Crippen molar-refractivity contribution >= 4 is 10.0 Å². The zero-order valence-electron chi connectivity index (χ0n) is 17.4. The lowest BCUT2D eigenvalue weighted by Gasteiger charge is -2.23. The number of pyridine rings is 1. The Morgan fingerprint density at radius 2 is 2.00 bits per heavy atom. The van der Waals surface area contributed by atoms with Crippen LogP contribution in [0.2, 0.25) is 0 Å². The lowest BCUT2D eigenvalue weighted by atomic mass is 10.1. The summed E-state index contributed by atoms with van der Waals surface area (Å²) in [6, 6.07) is 13.5. The molecule has 1 saturated heterocycles. The second-order valence-corrected chi connectivity index (χ2v) is 9.47. The topological polar surface area (TPSA) is 77.3 Å². The van der Waals surface area contributed by atoms with Crippen LogP contribution in [0.5, 0.6) is 5.75 Å². The zero-order valence-corrected chi connectivity index (χ0v) is 18.3. The molecule has 0 amide bonds. The van der Waals surface area contributed by atoms with Gasteiger partial charge in [-0.05, 0) is 49.6 Å². The zero-order chi connectivity index (χ0) is 21.3. The van der Waals surface area contributed by atoms with Gasteiger partial charge in [0.2, 0.25) is 10.0 Å². The van der Waals surface area contributed by atoms with Crippen molar-refractivity contribution in [2.45, 2.75) is 37.1 Å². The van der Waals surface area contributed by atoms with Crippen molar-refractivity contribution in [1.29, 1.82) is 0 Å². The Morgan fingerprint density at radius 1 is 1.20 bits per heavy atom. The van der Waals surface area contributed by atoms with Crippen molar-refractivity contribution in [2.24, 2.45) is 7.05 Å². The molecule has 3 aromatic rings. The highest BCUT2D eigenvalue weighted by Crippen LogP contribution is 2.36. The van der Waals surface area contributed by atoms with E-state index >= 15 is 0 Å². The minimum Gasteiger partial charge on any atom is -0.497 e. The maximum absolute atomic E-state index is 13.3. The number of hydrogen-bond donors (Lipinski definition) is 0. The molecule has 1 fully saturated rings. The number of rotatable bonds is 6. The van der Waals surface area contributed by atoms with Crippen LogP contribution in [0.3, 0.4) is 0 Å². The molecule has 4 rings (SSSR count). The number of nitrogens with zero attached hydrogens (tertiary/aromatic N) is 4. The number of methoxy groups -OCH3 is 1. The van der Waals surface area contributed by atoms with Gasteiger partial charge in [-0.25, -0.2) is 8.42 Å². The van der Waals surface area contributed by atoms with E-state index < -0.39 is 10.0 Å². The molecule has 0 radical (unpaired) electrons. The summed E-state index contributed by atoms with van der Waals surface area (Å²) >= 11 is 0. The molecule has 0 N–H and O–H groups in total. The standard InChI is InChI=1S/C22H26N4O3S/c1-16-22(15-25(2)24-16)30(27,28)26-12-6-11-21(26)20-10-5-8-18(23-20)13-17-7-4-9-19(14-17)29-3/h4-5,7-10,14-15,21H,6,11-13H2,1-3H3. The van der Waals surface area contributed by atoms with Gasteiger partial charge in [-0.2, -0.15) is 9.40 Å². The molecule has 1 unspecified atom stereocenters. The summed E-state index contributed by atoms with van der Waals surface area (Å²) in [6.45, 7) is 2.22. The number of ether oxygens (including phenoxy) is 1. The minimum atomic E-state index is -3.63. The molecule has 0 spiro atoms. The Morgan fingerprint density at radius 3 is 2.73 bits per heavy atom. The fourth-order valence-corrected chi connectivity index (χ4v) is 5.93.